The molecular weight excluding hydrogens is 883 g/mol. The van der Waals surface area contributed by atoms with Gasteiger partial charge in [-0.15, -0.1) is 5.10 Å². The molecule has 0 aliphatic rings. The van der Waals surface area contributed by atoms with E-state index in [1.165, 1.54) is 0 Å². The summed E-state index contributed by atoms with van der Waals surface area (Å²) in [6.45, 7) is 0. The molecule has 0 spiro atoms. The largest absolute Gasteiger partial charge is 0.397 e. The molecule has 0 saturated carbocycles. The first-order valence-electron chi connectivity index (χ1n) is 24.2. The number of nitrogen functional groups attached to an aromatic ring is 1. The molecule has 0 fully saturated rings. The molecule has 0 aliphatic heterocycles. The van der Waals surface area contributed by atoms with Crippen molar-refractivity contribution in [1.82, 2.24) is 20.0 Å². The molecule has 8 heteroatoms. The smallest absolute Gasteiger partial charge is 0.225 e. The first-order valence-corrected chi connectivity index (χ1v) is 24.2. The van der Waals surface area contributed by atoms with Gasteiger partial charge in [-0.3, -0.25) is 4.79 Å². The Labute approximate surface area is 419 Å². The Hall–Kier alpha value is -9.40. The number of pyridine rings is 1. The van der Waals surface area contributed by atoms with Crippen LogP contribution in [0.2, 0.25) is 0 Å². The van der Waals surface area contributed by atoms with Gasteiger partial charge in [0.2, 0.25) is 5.91 Å². The van der Waals surface area contributed by atoms with E-state index in [2.05, 4.69) is 174 Å². The van der Waals surface area contributed by atoms with Gasteiger partial charge in [-0.2, -0.15) is 0 Å². The molecular formula is C64H51N7O. The Morgan fingerprint density at radius 2 is 0.944 bits per heavy atom. The van der Waals surface area contributed by atoms with Crippen LogP contribution in [0.5, 0.6) is 0 Å². The summed E-state index contributed by atoms with van der Waals surface area (Å²) in [6, 6.07) is 90.6. The van der Waals surface area contributed by atoms with Gasteiger partial charge in [-0.1, -0.05) is 260 Å². The molecule has 1 amide bonds. The maximum atomic E-state index is 15.0. The monoisotopic (exact) mass is 933 g/mol. The molecule has 72 heavy (non-hydrogen) atoms. The van der Waals surface area contributed by atoms with Gasteiger partial charge in [-0.05, 0) is 62.2 Å². The quantitative estimate of drug-likeness (QED) is 0.0698. The Morgan fingerprint density at radius 1 is 0.514 bits per heavy atom. The average Bonchev–Trinajstić information content (AvgIpc) is 3.88. The third kappa shape index (κ3) is 8.35. The van der Waals surface area contributed by atoms with E-state index in [1.54, 1.807) is 0 Å². The summed E-state index contributed by atoms with van der Waals surface area (Å²) in [4.78, 5) is 20.7. The van der Waals surface area contributed by atoms with Crippen molar-refractivity contribution in [1.29, 1.82) is 0 Å². The lowest BCUT2D eigenvalue weighted by Crippen LogP contribution is -2.39. The zero-order chi connectivity index (χ0) is 48.7. The van der Waals surface area contributed by atoms with E-state index in [0.29, 0.717) is 28.4 Å². The second-order valence-electron chi connectivity index (χ2n) is 17.9. The van der Waals surface area contributed by atoms with E-state index in [1.807, 2.05) is 108 Å². The maximum absolute atomic E-state index is 15.0. The van der Waals surface area contributed by atoms with Crippen molar-refractivity contribution >= 4 is 34.3 Å². The van der Waals surface area contributed by atoms with Gasteiger partial charge in [0.15, 0.2) is 5.65 Å². The third-order valence-corrected chi connectivity index (χ3v) is 13.7. The Kier molecular flexibility index (Phi) is 12.5. The van der Waals surface area contributed by atoms with Gasteiger partial charge in [0, 0.05) is 17.9 Å². The van der Waals surface area contributed by atoms with E-state index in [4.69, 9.17) is 21.0 Å². The number of nitrogens with two attached hydrogens (primary N) is 1. The van der Waals surface area contributed by atoms with Gasteiger partial charge in [0.25, 0.3) is 0 Å². The summed E-state index contributed by atoms with van der Waals surface area (Å²) < 4.78 is 1.98. The second kappa shape index (κ2) is 19.9. The number of hydrogen-bond donors (Lipinski definition) is 3. The van der Waals surface area contributed by atoms with Crippen molar-refractivity contribution < 1.29 is 4.79 Å². The molecule has 4 N–H and O–H groups in total. The highest BCUT2D eigenvalue weighted by Crippen LogP contribution is 2.45. The first kappa shape index (κ1) is 45.1. The number of hydrogen-bond acceptors (Lipinski definition) is 6. The normalized spacial score (nSPS) is 12.0. The summed E-state index contributed by atoms with van der Waals surface area (Å²) in [5.74, 6) is -0.197. The average molecular weight is 934 g/mol. The summed E-state index contributed by atoms with van der Waals surface area (Å²) >= 11 is 0. The SMILES string of the molecule is Nc1cccc(-c2ccccc2)c1NC(=O)CC(c1ccccc1)c1cc(NC(c2ccccc2)(c2ccccc2)c2ccccc2)nc2c1nnn2C(c1ccccc1)(c1ccccc1)c1ccccc1. The second-order valence-corrected chi connectivity index (χ2v) is 17.9. The molecule has 11 aromatic rings. The molecule has 2 aromatic heterocycles. The number of nitrogens with one attached hydrogen (secondary N) is 2. The van der Waals surface area contributed by atoms with Gasteiger partial charge in [-0.25, -0.2) is 9.67 Å². The number of para-hydroxylation sites is 1. The fourth-order valence-electron chi connectivity index (χ4n) is 10.4. The number of fused-ring (bicyclic) bond motifs is 1. The van der Waals surface area contributed by atoms with Gasteiger partial charge < -0.3 is 16.4 Å². The predicted octanol–water partition coefficient (Wildman–Crippen LogP) is 13.5. The van der Waals surface area contributed by atoms with E-state index >= 15 is 0 Å². The molecule has 9 aromatic carbocycles. The van der Waals surface area contributed by atoms with Gasteiger partial charge in [0.05, 0.1) is 11.4 Å². The lowest BCUT2D eigenvalue weighted by molar-refractivity contribution is -0.116. The van der Waals surface area contributed by atoms with Gasteiger partial charge >= 0.3 is 0 Å². The van der Waals surface area contributed by atoms with Crippen LogP contribution >= 0.6 is 0 Å². The molecule has 8 nitrogen and oxygen atoms in total. The molecule has 0 bridgehead atoms. The first-order chi connectivity index (χ1) is 35.5. The minimum absolute atomic E-state index is 0.0421. The highest BCUT2D eigenvalue weighted by Gasteiger charge is 2.43. The van der Waals surface area contributed by atoms with Crippen molar-refractivity contribution in [2.24, 2.45) is 0 Å². The molecule has 0 aliphatic carbocycles. The summed E-state index contributed by atoms with van der Waals surface area (Å²) in [5, 5.41) is 17.7. The fraction of sp³-hybridized carbons (Fsp3) is 0.0625. The minimum atomic E-state index is -1.06. The van der Waals surface area contributed by atoms with E-state index in [0.717, 1.165) is 55.6 Å². The molecule has 0 radical (unpaired) electrons. The highest BCUT2D eigenvalue weighted by atomic mass is 16.1. The number of anilines is 3. The number of benzene rings is 9. The fourth-order valence-corrected chi connectivity index (χ4v) is 10.4. The molecule has 1 unspecified atom stereocenters. The zero-order valence-electron chi connectivity index (χ0n) is 39.5. The van der Waals surface area contributed by atoms with E-state index in [-0.39, 0.29) is 12.3 Å². The molecule has 2 heterocycles. The van der Waals surface area contributed by atoms with Crippen LogP contribution in [0.3, 0.4) is 0 Å². The number of aromatic nitrogens is 4. The Balaban J connectivity index is 1.19. The topological polar surface area (TPSA) is 111 Å². The lowest BCUT2D eigenvalue weighted by Gasteiger charge is -2.38. The Bertz CT molecular complexity index is 3370. The van der Waals surface area contributed by atoms with Crippen LogP contribution in [-0.2, 0) is 15.9 Å². The van der Waals surface area contributed by atoms with E-state index < -0.39 is 17.0 Å². The molecule has 0 saturated heterocycles. The molecule has 1 atom stereocenters. The van der Waals surface area contributed by atoms with Crippen molar-refractivity contribution in [3.63, 3.8) is 0 Å². The number of nitrogens with zero attached hydrogens (tertiary/aromatic N) is 4. The van der Waals surface area contributed by atoms with Crippen LogP contribution in [0.25, 0.3) is 22.3 Å². The minimum Gasteiger partial charge on any atom is -0.397 e. The van der Waals surface area contributed by atoms with Gasteiger partial charge in [0.1, 0.15) is 22.4 Å². The third-order valence-electron chi connectivity index (χ3n) is 13.7. The maximum Gasteiger partial charge on any atom is 0.225 e. The summed E-state index contributed by atoms with van der Waals surface area (Å²) in [5.41, 5.74) is 16.2. The summed E-state index contributed by atoms with van der Waals surface area (Å²) in [6.07, 6.45) is 0.0421. The summed E-state index contributed by atoms with van der Waals surface area (Å²) in [7, 11) is 0. The van der Waals surface area contributed by atoms with Crippen LogP contribution in [0.15, 0.2) is 267 Å². The zero-order valence-corrected chi connectivity index (χ0v) is 39.5. The van der Waals surface area contributed by atoms with Crippen molar-refractivity contribution in [2.45, 2.75) is 23.4 Å². The van der Waals surface area contributed by atoms with Crippen LogP contribution in [0.1, 0.15) is 56.8 Å². The van der Waals surface area contributed by atoms with Crippen LogP contribution in [-0.4, -0.2) is 25.9 Å². The molecule has 348 valence electrons. The number of amides is 1. The lowest BCUT2D eigenvalue weighted by atomic mass is 9.76. The number of rotatable bonds is 15. The highest BCUT2D eigenvalue weighted by molar-refractivity contribution is 6.00. The van der Waals surface area contributed by atoms with Crippen LogP contribution in [0, 0.1) is 0 Å². The predicted molar refractivity (Wildman–Crippen MR) is 291 cm³/mol. The number of carbonyl (C=O) groups excluding carboxylic acids is 1. The van der Waals surface area contributed by atoms with E-state index in [9.17, 15) is 4.79 Å². The standard InChI is InChI=1S/C64H51N7O/c65-57-43-25-42-54(46-26-9-1-10-27-46)60(57)67-59(72)45-55(47-28-11-2-12-29-47)56-44-58(68-63(48-30-13-3-14-31-48,49-32-15-4-16-33-49)50-34-17-5-18-35-50)66-62-61(56)69-70-71(62)64(51-36-19-6-20-37-51,52-38-21-7-22-39-52)53-40-23-8-24-41-53/h1-44,55H,45,65H2,(H,66,68)(H,67,72). The van der Waals surface area contributed by atoms with Crippen molar-refractivity contribution in [3.05, 3.63) is 311 Å². The molecule has 11 rings (SSSR count). The van der Waals surface area contributed by atoms with Crippen LogP contribution in [0.4, 0.5) is 17.2 Å². The van der Waals surface area contributed by atoms with Crippen molar-refractivity contribution in [3.8, 4) is 11.1 Å². The van der Waals surface area contributed by atoms with Crippen LogP contribution < -0.4 is 16.4 Å². The van der Waals surface area contributed by atoms with Crippen molar-refractivity contribution in [2.75, 3.05) is 16.4 Å². The number of carbonyl (C=O) groups is 1. The Morgan fingerprint density at radius 3 is 1.42 bits per heavy atom.